The fraction of sp³-hybridized carbons (Fsp3) is 0.519. The van der Waals surface area contributed by atoms with Crippen LogP contribution < -0.4 is 5.32 Å². The molecule has 0 radical (unpaired) electrons. The van der Waals surface area contributed by atoms with Crippen LogP contribution >= 0.6 is 0 Å². The number of halogens is 1. The van der Waals surface area contributed by atoms with Crippen molar-refractivity contribution in [1.82, 2.24) is 4.90 Å². The van der Waals surface area contributed by atoms with Gasteiger partial charge in [0.25, 0.3) is 0 Å². The first-order valence-electron chi connectivity index (χ1n) is 12.0. The molecule has 1 amide bonds. The summed E-state index contributed by atoms with van der Waals surface area (Å²) >= 11 is 0. The van der Waals surface area contributed by atoms with Gasteiger partial charge in [0.1, 0.15) is 5.82 Å². The molecular formula is C27H37FN2O2. The largest absolute Gasteiger partial charge is 0.388 e. The minimum atomic E-state index is -0.581. The molecule has 0 aromatic heterocycles. The molecule has 3 rings (SSSR count). The Morgan fingerprint density at radius 3 is 2.56 bits per heavy atom. The molecule has 0 spiro atoms. The maximum absolute atomic E-state index is 13.3. The van der Waals surface area contributed by atoms with E-state index in [9.17, 15) is 14.3 Å². The lowest BCUT2D eigenvalue weighted by molar-refractivity contribution is -0.118. The molecule has 174 valence electrons. The van der Waals surface area contributed by atoms with Crippen molar-refractivity contribution >= 4 is 11.6 Å². The van der Waals surface area contributed by atoms with Crippen molar-refractivity contribution in [1.29, 1.82) is 0 Å². The Balaban J connectivity index is 1.34. The summed E-state index contributed by atoms with van der Waals surface area (Å²) in [5, 5.41) is 13.2. The van der Waals surface area contributed by atoms with Gasteiger partial charge in [0.05, 0.1) is 6.10 Å². The summed E-state index contributed by atoms with van der Waals surface area (Å²) in [6.45, 7) is 7.09. The summed E-state index contributed by atoms with van der Waals surface area (Å²) < 4.78 is 13.3. The lowest BCUT2D eigenvalue weighted by Crippen LogP contribution is -2.33. The van der Waals surface area contributed by atoms with Crippen LogP contribution in [0.1, 0.15) is 75.5 Å². The number of nitrogens with one attached hydrogen (secondary N) is 1. The molecule has 1 saturated heterocycles. The van der Waals surface area contributed by atoms with Gasteiger partial charge >= 0.3 is 0 Å². The van der Waals surface area contributed by atoms with Crippen molar-refractivity contribution in [3.63, 3.8) is 0 Å². The number of piperidine rings is 1. The van der Waals surface area contributed by atoms with Crippen LogP contribution in [0.2, 0.25) is 0 Å². The van der Waals surface area contributed by atoms with Crippen molar-refractivity contribution in [2.75, 3.05) is 25.0 Å². The molecule has 0 saturated carbocycles. The van der Waals surface area contributed by atoms with Gasteiger partial charge in [-0.25, -0.2) is 4.39 Å². The van der Waals surface area contributed by atoms with Gasteiger partial charge < -0.3 is 15.3 Å². The first-order valence-corrected chi connectivity index (χ1v) is 12.0. The zero-order valence-electron chi connectivity index (χ0n) is 19.4. The van der Waals surface area contributed by atoms with Crippen LogP contribution in [0.15, 0.2) is 48.5 Å². The van der Waals surface area contributed by atoms with Gasteiger partial charge in [-0.05, 0) is 86.6 Å². The van der Waals surface area contributed by atoms with Crippen LogP contribution in [0.4, 0.5) is 10.1 Å². The number of amides is 1. The molecule has 1 heterocycles. The Bertz CT molecular complexity index is 862. The Hall–Kier alpha value is -2.24. The van der Waals surface area contributed by atoms with E-state index in [2.05, 4.69) is 22.3 Å². The normalized spacial score (nSPS) is 16.3. The van der Waals surface area contributed by atoms with Crippen molar-refractivity contribution < 1.29 is 14.3 Å². The molecule has 1 aliphatic heterocycles. The van der Waals surface area contributed by atoms with Crippen LogP contribution in [0, 0.1) is 11.7 Å². The highest BCUT2D eigenvalue weighted by Crippen LogP contribution is 2.30. The summed E-state index contributed by atoms with van der Waals surface area (Å²) in [4.78, 5) is 14.5. The van der Waals surface area contributed by atoms with Crippen LogP contribution in [0.5, 0.6) is 0 Å². The zero-order chi connectivity index (χ0) is 22.9. The van der Waals surface area contributed by atoms with Crippen LogP contribution in [-0.4, -0.2) is 35.5 Å². The molecule has 32 heavy (non-hydrogen) atoms. The molecule has 1 unspecified atom stereocenters. The zero-order valence-corrected chi connectivity index (χ0v) is 19.4. The average molecular weight is 441 g/mol. The first-order chi connectivity index (χ1) is 15.4. The average Bonchev–Trinajstić information content (AvgIpc) is 2.79. The fourth-order valence-corrected chi connectivity index (χ4v) is 4.38. The third kappa shape index (κ3) is 7.42. The number of anilines is 1. The second-order valence-corrected chi connectivity index (χ2v) is 9.31. The maximum Gasteiger partial charge on any atom is 0.226 e. The number of hydrogen-bond donors (Lipinski definition) is 2. The van der Waals surface area contributed by atoms with Gasteiger partial charge in [-0.3, -0.25) is 4.79 Å². The van der Waals surface area contributed by atoms with E-state index < -0.39 is 6.10 Å². The number of likely N-dealkylation sites (tertiary alicyclic amines) is 1. The number of rotatable bonds is 10. The highest BCUT2D eigenvalue weighted by atomic mass is 19.1. The number of unbranched alkanes of at least 4 members (excludes halogenated alkanes) is 2. The summed E-state index contributed by atoms with van der Waals surface area (Å²) in [5.74, 6) is 0.285. The molecule has 1 atom stereocenters. The maximum atomic E-state index is 13.3. The van der Waals surface area contributed by atoms with Crippen LogP contribution in [0.3, 0.4) is 0 Å². The highest BCUT2D eigenvalue weighted by molar-refractivity contribution is 5.92. The van der Waals surface area contributed by atoms with E-state index in [4.69, 9.17) is 0 Å². The SMILES string of the molecule is CC(C)C(=O)Nc1cccc(C2CCN(CCCCCC(O)c3cccc(F)c3)CC2)c1. The van der Waals surface area contributed by atoms with Crippen molar-refractivity contribution in [3.05, 3.63) is 65.5 Å². The molecule has 4 nitrogen and oxygen atoms in total. The summed E-state index contributed by atoms with van der Waals surface area (Å²) in [7, 11) is 0. The molecule has 2 aromatic carbocycles. The van der Waals surface area contributed by atoms with Crippen molar-refractivity contribution in [3.8, 4) is 0 Å². The minimum Gasteiger partial charge on any atom is -0.388 e. The number of carbonyl (C=O) groups is 1. The molecule has 0 aliphatic carbocycles. The van der Waals surface area contributed by atoms with E-state index in [1.807, 2.05) is 26.0 Å². The first kappa shape index (κ1) is 24.4. The predicted octanol–water partition coefficient (Wildman–Crippen LogP) is 5.89. The van der Waals surface area contributed by atoms with E-state index >= 15 is 0 Å². The Labute approximate surface area is 191 Å². The Kier molecular flexibility index (Phi) is 9.24. The van der Waals surface area contributed by atoms with E-state index in [0.29, 0.717) is 17.9 Å². The van der Waals surface area contributed by atoms with Crippen LogP contribution in [-0.2, 0) is 4.79 Å². The molecule has 1 fully saturated rings. The highest BCUT2D eigenvalue weighted by Gasteiger charge is 2.21. The summed E-state index contributed by atoms with van der Waals surface area (Å²) in [6.07, 6.45) is 5.52. The quantitative estimate of drug-likeness (QED) is 0.453. The minimum absolute atomic E-state index is 0.0218. The van der Waals surface area contributed by atoms with Gasteiger partial charge in [0.2, 0.25) is 5.91 Å². The third-order valence-corrected chi connectivity index (χ3v) is 6.42. The van der Waals surface area contributed by atoms with E-state index in [0.717, 1.165) is 57.4 Å². The van der Waals surface area contributed by atoms with E-state index in [1.54, 1.807) is 12.1 Å². The number of carbonyl (C=O) groups excluding carboxylic acids is 1. The molecule has 2 aromatic rings. The molecule has 0 bridgehead atoms. The number of nitrogens with zero attached hydrogens (tertiary/aromatic N) is 1. The van der Waals surface area contributed by atoms with Gasteiger partial charge in [-0.15, -0.1) is 0 Å². The van der Waals surface area contributed by atoms with Gasteiger partial charge in [0.15, 0.2) is 0 Å². The third-order valence-electron chi connectivity index (χ3n) is 6.42. The fourth-order valence-electron chi connectivity index (χ4n) is 4.38. The smallest absolute Gasteiger partial charge is 0.226 e. The van der Waals surface area contributed by atoms with Gasteiger partial charge in [0, 0.05) is 11.6 Å². The number of hydrogen-bond acceptors (Lipinski definition) is 3. The monoisotopic (exact) mass is 440 g/mol. The number of aliphatic hydroxyl groups excluding tert-OH is 1. The molecule has 5 heteroatoms. The lowest BCUT2D eigenvalue weighted by atomic mass is 9.89. The summed E-state index contributed by atoms with van der Waals surface area (Å²) in [6, 6.07) is 14.6. The second-order valence-electron chi connectivity index (χ2n) is 9.31. The Morgan fingerprint density at radius 1 is 1.09 bits per heavy atom. The van der Waals surface area contributed by atoms with Crippen molar-refractivity contribution in [2.24, 2.45) is 5.92 Å². The number of benzene rings is 2. The van der Waals surface area contributed by atoms with Crippen molar-refractivity contribution in [2.45, 2.75) is 64.4 Å². The van der Waals surface area contributed by atoms with Gasteiger partial charge in [-0.1, -0.05) is 51.0 Å². The molecule has 1 aliphatic rings. The number of aliphatic hydroxyl groups is 1. The Morgan fingerprint density at radius 2 is 1.84 bits per heavy atom. The van der Waals surface area contributed by atoms with Gasteiger partial charge in [-0.2, -0.15) is 0 Å². The van der Waals surface area contributed by atoms with E-state index in [-0.39, 0.29) is 17.6 Å². The molecule has 2 N–H and O–H groups in total. The second kappa shape index (κ2) is 12.1. The predicted molar refractivity (Wildman–Crippen MR) is 128 cm³/mol. The van der Waals surface area contributed by atoms with E-state index in [1.165, 1.54) is 17.7 Å². The van der Waals surface area contributed by atoms with Crippen LogP contribution in [0.25, 0.3) is 0 Å². The summed E-state index contributed by atoms with van der Waals surface area (Å²) in [5.41, 5.74) is 2.88. The molecular weight excluding hydrogens is 403 g/mol. The topological polar surface area (TPSA) is 52.6 Å². The lowest BCUT2D eigenvalue weighted by Gasteiger charge is -2.32. The standard InChI is InChI=1S/C27H37FN2O2/c1-20(2)27(32)29-25-11-7-8-22(19-25)21-13-16-30(17-14-21)15-5-3-4-12-26(31)23-9-6-10-24(28)18-23/h6-11,18-21,26,31H,3-5,12-17H2,1-2H3,(H,29,32).